The number of rotatable bonds is 17. The van der Waals surface area contributed by atoms with Crippen molar-refractivity contribution in [1.82, 2.24) is 10.6 Å². The predicted octanol–water partition coefficient (Wildman–Crippen LogP) is 10.5. The van der Waals surface area contributed by atoms with Crippen LogP contribution in [0.1, 0.15) is 99.9 Å². The number of ether oxygens (including phenoxy) is 5. The van der Waals surface area contributed by atoms with Crippen LogP contribution in [0.4, 0.5) is 26.3 Å². The van der Waals surface area contributed by atoms with E-state index in [9.17, 15) is 45.5 Å². The van der Waals surface area contributed by atoms with Crippen LogP contribution in [0.2, 0.25) is 10.0 Å². The quantitative estimate of drug-likeness (QED) is 0.0449. The van der Waals surface area contributed by atoms with Crippen LogP contribution in [0.15, 0.2) is 60.7 Å². The van der Waals surface area contributed by atoms with Crippen LogP contribution in [-0.2, 0) is 75.2 Å². The van der Waals surface area contributed by atoms with Gasteiger partial charge in [-0.05, 0) is 111 Å². The third-order valence-electron chi connectivity index (χ3n) is 11.0. The van der Waals surface area contributed by atoms with Crippen molar-refractivity contribution in [1.29, 1.82) is 0 Å². The molecule has 400 valence electrons. The SMILES string of the molecule is CC(=O)NCCO.CC(=O)NCCOC(=O)C(C)Cc1ccc(OCc2cc(Cl)cc3c2OC(C)(C)C3)c(C(F)(F)F)c1.CC(Cc1ccc(OCc2cc(Cl)cc3c2OC(C)(C)C3)c(C(F)(F)F)c1)C(=O)O. The number of aliphatic carboxylic acids is 1. The Morgan fingerprint density at radius 2 is 1.08 bits per heavy atom. The predicted molar refractivity (Wildman–Crippen MR) is 260 cm³/mol. The molecule has 0 aromatic heterocycles. The zero-order chi connectivity index (χ0) is 54.6. The summed E-state index contributed by atoms with van der Waals surface area (Å²) in [4.78, 5) is 44.0. The minimum atomic E-state index is -4.66. The van der Waals surface area contributed by atoms with Crippen molar-refractivity contribution in [3.63, 3.8) is 0 Å². The van der Waals surface area contributed by atoms with Crippen molar-refractivity contribution < 1.29 is 79.4 Å². The number of hydrogen-bond donors (Lipinski definition) is 4. The number of carbonyl (C=O) groups is 4. The van der Waals surface area contributed by atoms with Gasteiger partial charge in [-0.3, -0.25) is 19.2 Å². The van der Waals surface area contributed by atoms with Gasteiger partial charge in [-0.1, -0.05) is 49.2 Å². The molecule has 2 aliphatic rings. The standard InChI is InChI=1S/C26H29ClF3NO5.C22H22ClF3O4.C4H9NO2/c1-15(24(33)34-8-7-31-16(2)32)9-17-5-6-22(21(10-17)26(28,29)30)35-14-19-12-20(27)11-18-13-25(3,4)36-23(18)19;1-12(20(27)28)6-13-4-5-18(17(7-13)22(24,25)26)29-11-15-9-16(23)8-14-10-21(2,3)30-19(14)15;1-4(7)5-2-3-6/h5-6,10-12,15H,7-9,13-14H2,1-4H3,(H,31,32);4-5,7-9,12H,6,10-11H2,1-3H3,(H,27,28);6H,2-3H2,1H3,(H,5,7). The lowest BCUT2D eigenvalue weighted by Crippen LogP contribution is -2.27. The van der Waals surface area contributed by atoms with Gasteiger partial charge in [0.1, 0.15) is 54.0 Å². The van der Waals surface area contributed by atoms with Gasteiger partial charge in [0.05, 0.1) is 36.1 Å². The highest BCUT2D eigenvalue weighted by Crippen LogP contribution is 2.44. The second-order valence-electron chi connectivity index (χ2n) is 18.8. The zero-order valence-corrected chi connectivity index (χ0v) is 43.1. The van der Waals surface area contributed by atoms with Crippen molar-refractivity contribution in [2.75, 3.05) is 26.3 Å². The second kappa shape index (κ2) is 25.3. The Balaban J connectivity index is 0.000000283. The molecule has 4 aromatic rings. The maximum atomic E-state index is 13.9. The van der Waals surface area contributed by atoms with Gasteiger partial charge in [-0.25, -0.2) is 0 Å². The number of carboxylic acid groups (broad SMARTS) is 1. The van der Waals surface area contributed by atoms with Crippen LogP contribution in [0.25, 0.3) is 0 Å². The van der Waals surface area contributed by atoms with E-state index < -0.39 is 58.5 Å². The van der Waals surface area contributed by atoms with Crippen LogP contribution >= 0.6 is 23.2 Å². The van der Waals surface area contributed by atoms with E-state index in [4.69, 9.17) is 57.1 Å². The van der Waals surface area contributed by atoms with Gasteiger partial charge in [0.25, 0.3) is 0 Å². The highest BCUT2D eigenvalue weighted by atomic mass is 35.5. The molecule has 0 saturated carbocycles. The second-order valence-corrected chi connectivity index (χ2v) is 19.7. The number of halogens is 8. The lowest BCUT2D eigenvalue weighted by molar-refractivity contribution is -0.148. The molecular weight excluding hydrogens is 1010 g/mol. The third kappa shape index (κ3) is 18.5. The number of aliphatic hydroxyl groups excluding tert-OH is 1. The molecule has 0 radical (unpaired) electrons. The molecule has 4 N–H and O–H groups in total. The lowest BCUT2D eigenvalue weighted by Gasteiger charge is -2.19. The monoisotopic (exact) mass is 1070 g/mol. The topological polar surface area (TPSA) is 179 Å². The molecule has 0 fully saturated rings. The number of nitrogens with one attached hydrogen (secondary N) is 2. The van der Waals surface area contributed by atoms with Crippen molar-refractivity contribution in [3.05, 3.63) is 115 Å². The molecule has 2 unspecified atom stereocenters. The largest absolute Gasteiger partial charge is 0.488 e. The third-order valence-corrected chi connectivity index (χ3v) is 11.4. The smallest absolute Gasteiger partial charge is 0.419 e. The summed E-state index contributed by atoms with van der Waals surface area (Å²) < 4.78 is 110. The first-order valence-corrected chi connectivity index (χ1v) is 23.8. The number of carbonyl (C=O) groups excluding carboxylic acids is 3. The van der Waals surface area contributed by atoms with Crippen LogP contribution in [0.3, 0.4) is 0 Å². The molecular formula is C52H60Cl2F6N2O11. The molecule has 73 heavy (non-hydrogen) atoms. The van der Waals surface area contributed by atoms with E-state index in [-0.39, 0.29) is 74.7 Å². The highest BCUT2D eigenvalue weighted by molar-refractivity contribution is 6.31. The number of benzene rings is 4. The molecule has 0 spiro atoms. The van der Waals surface area contributed by atoms with Crippen LogP contribution < -0.4 is 29.6 Å². The van der Waals surface area contributed by atoms with Crippen molar-refractivity contribution in [2.24, 2.45) is 11.8 Å². The van der Waals surface area contributed by atoms with Crippen LogP contribution in [0.5, 0.6) is 23.0 Å². The van der Waals surface area contributed by atoms with Gasteiger partial charge in [0, 0.05) is 54.4 Å². The summed E-state index contributed by atoms with van der Waals surface area (Å²) in [5, 5.41) is 22.9. The van der Waals surface area contributed by atoms with E-state index in [1.807, 2.05) is 27.7 Å². The normalized spacial score (nSPS) is 14.8. The van der Waals surface area contributed by atoms with E-state index in [1.54, 1.807) is 31.2 Å². The maximum absolute atomic E-state index is 13.9. The first kappa shape index (κ1) is 59.6. The maximum Gasteiger partial charge on any atom is 0.419 e. The van der Waals surface area contributed by atoms with E-state index in [0.717, 1.165) is 23.3 Å². The summed E-state index contributed by atoms with van der Waals surface area (Å²) in [6.45, 7) is 13.7. The minimum absolute atomic E-state index is 0.0105. The van der Waals surface area contributed by atoms with Crippen molar-refractivity contribution >= 4 is 47.0 Å². The average Bonchev–Trinajstić information content (AvgIpc) is 3.77. The number of alkyl halides is 6. The fraction of sp³-hybridized carbons (Fsp3) is 0.462. The number of hydrogen-bond acceptors (Lipinski definition) is 10. The Bertz CT molecular complexity index is 2610. The van der Waals surface area contributed by atoms with Gasteiger partial charge in [-0.2, -0.15) is 26.3 Å². The molecule has 2 atom stereocenters. The molecule has 0 bridgehead atoms. The minimum Gasteiger partial charge on any atom is -0.488 e. The number of carboxylic acids is 1. The average molecular weight is 1070 g/mol. The molecule has 2 amide bonds. The number of esters is 1. The number of amides is 2. The fourth-order valence-electron chi connectivity index (χ4n) is 7.75. The van der Waals surface area contributed by atoms with E-state index in [1.165, 1.54) is 45.0 Å². The highest BCUT2D eigenvalue weighted by Gasteiger charge is 2.38. The molecule has 0 saturated heterocycles. The van der Waals surface area contributed by atoms with Gasteiger partial charge >= 0.3 is 24.3 Å². The summed E-state index contributed by atoms with van der Waals surface area (Å²) in [6.07, 6.45) is -8.00. The molecule has 2 aliphatic heterocycles. The van der Waals surface area contributed by atoms with Gasteiger partial charge in [-0.15, -0.1) is 0 Å². The van der Waals surface area contributed by atoms with Gasteiger partial charge < -0.3 is 44.5 Å². The molecule has 2 heterocycles. The molecule has 6 rings (SSSR count). The first-order valence-electron chi connectivity index (χ1n) is 23.0. The molecule has 21 heteroatoms. The first-order chi connectivity index (χ1) is 33.9. The van der Waals surface area contributed by atoms with E-state index in [2.05, 4.69) is 10.6 Å². The van der Waals surface area contributed by atoms with E-state index in [0.29, 0.717) is 57.6 Å². The Morgan fingerprint density at radius 1 is 0.671 bits per heavy atom. The number of fused-ring (bicyclic) bond motifs is 2. The Labute approximate surface area is 429 Å². The summed E-state index contributed by atoms with van der Waals surface area (Å²) in [7, 11) is 0. The fourth-order valence-corrected chi connectivity index (χ4v) is 8.28. The van der Waals surface area contributed by atoms with Gasteiger partial charge in [0.2, 0.25) is 11.8 Å². The zero-order valence-electron chi connectivity index (χ0n) is 41.6. The summed E-state index contributed by atoms with van der Waals surface area (Å²) >= 11 is 12.4. The summed E-state index contributed by atoms with van der Waals surface area (Å²) in [5.41, 5.74) is 0.743. The Hall–Kier alpha value is -5.92. The molecule has 0 aliphatic carbocycles. The van der Waals surface area contributed by atoms with Crippen molar-refractivity contribution in [3.8, 4) is 23.0 Å². The van der Waals surface area contributed by atoms with Crippen molar-refractivity contribution in [2.45, 2.75) is 118 Å². The lowest BCUT2D eigenvalue weighted by atomic mass is 9.99. The van der Waals surface area contributed by atoms with Gasteiger partial charge in [0.15, 0.2) is 0 Å². The Morgan fingerprint density at radius 3 is 1.45 bits per heavy atom. The Kier molecular flexibility index (Phi) is 20.7. The van der Waals surface area contributed by atoms with Crippen LogP contribution in [0, 0.1) is 11.8 Å². The van der Waals surface area contributed by atoms with E-state index >= 15 is 0 Å². The number of aliphatic hydroxyl groups is 1. The van der Waals surface area contributed by atoms with Crippen LogP contribution in [-0.4, -0.2) is 71.5 Å². The summed E-state index contributed by atoms with van der Waals surface area (Å²) in [5.74, 6) is -2.95. The summed E-state index contributed by atoms with van der Waals surface area (Å²) in [6, 6.07) is 14.2. The molecule has 4 aromatic carbocycles. The molecule has 13 nitrogen and oxygen atoms in total.